The number of unbranched alkanes of at least 4 members (excludes halogenated alkanes) is 1. The number of aryl methyl sites for hydroxylation is 1. The Morgan fingerprint density at radius 1 is 1.50 bits per heavy atom. The fraction of sp³-hybridized carbons (Fsp3) is 0.615. The minimum Gasteiger partial charge on any atom is -0.373 e. The van der Waals surface area contributed by atoms with Crippen LogP contribution in [0.4, 0.5) is 5.69 Å². The molecule has 7 heteroatoms. The molecule has 1 amide bonds. The minimum atomic E-state index is -0.339. The molecule has 1 aromatic heterocycles. The molecule has 0 atom stereocenters. The number of halogens is 1. The summed E-state index contributed by atoms with van der Waals surface area (Å²) < 4.78 is 1.34. The smallest absolute Gasteiger partial charge is 0.287 e. The topological polar surface area (TPSA) is 76.0 Å². The summed E-state index contributed by atoms with van der Waals surface area (Å²) in [6.45, 7) is 6.39. The van der Waals surface area contributed by atoms with Crippen LogP contribution in [0.2, 0.25) is 5.02 Å². The molecule has 1 heterocycles. The number of anilines is 1. The summed E-state index contributed by atoms with van der Waals surface area (Å²) in [7, 11) is 0. The van der Waals surface area contributed by atoms with Crippen LogP contribution in [0.1, 0.15) is 33.6 Å². The molecule has 0 aliphatic carbocycles. The molecule has 0 saturated carbocycles. The quantitative estimate of drug-likeness (QED) is 0.802. The summed E-state index contributed by atoms with van der Waals surface area (Å²) >= 11 is 6.00. The lowest BCUT2D eigenvalue weighted by atomic mass is 10.3. The van der Waals surface area contributed by atoms with E-state index < -0.39 is 0 Å². The van der Waals surface area contributed by atoms with Gasteiger partial charge < -0.3 is 10.6 Å². The summed E-state index contributed by atoms with van der Waals surface area (Å²) in [5.41, 5.74) is 0.0395. The SMILES string of the molecule is CCCCn1ncc(NCC(=O)NC(C)C)c(Cl)c1=O. The number of rotatable bonds is 7. The number of carbonyl (C=O) groups excluding carboxylic acids is 1. The van der Waals surface area contributed by atoms with Crippen LogP contribution < -0.4 is 16.2 Å². The average molecular weight is 301 g/mol. The first kappa shape index (κ1) is 16.5. The van der Waals surface area contributed by atoms with Crippen LogP contribution in [0.15, 0.2) is 11.0 Å². The summed E-state index contributed by atoms with van der Waals surface area (Å²) in [5.74, 6) is -0.161. The van der Waals surface area contributed by atoms with E-state index in [4.69, 9.17) is 11.6 Å². The van der Waals surface area contributed by atoms with Crippen LogP contribution in [-0.2, 0) is 11.3 Å². The number of carbonyl (C=O) groups is 1. The Balaban J connectivity index is 2.70. The summed E-state index contributed by atoms with van der Waals surface area (Å²) in [6, 6.07) is 0.0694. The van der Waals surface area contributed by atoms with E-state index in [0.717, 1.165) is 12.8 Å². The first-order valence-electron chi connectivity index (χ1n) is 6.74. The van der Waals surface area contributed by atoms with Gasteiger partial charge >= 0.3 is 0 Å². The summed E-state index contributed by atoms with van der Waals surface area (Å²) in [5, 5.41) is 9.66. The second kappa shape index (κ2) is 7.89. The average Bonchev–Trinajstić information content (AvgIpc) is 2.38. The maximum Gasteiger partial charge on any atom is 0.287 e. The molecule has 0 aromatic carbocycles. The predicted molar refractivity (Wildman–Crippen MR) is 80.2 cm³/mol. The third-order valence-electron chi connectivity index (χ3n) is 2.60. The van der Waals surface area contributed by atoms with Gasteiger partial charge in [-0.15, -0.1) is 0 Å². The van der Waals surface area contributed by atoms with Gasteiger partial charge in [-0.25, -0.2) is 4.68 Å². The van der Waals surface area contributed by atoms with Gasteiger partial charge in [-0.2, -0.15) is 5.10 Å². The van der Waals surface area contributed by atoms with Crippen LogP contribution in [0.5, 0.6) is 0 Å². The summed E-state index contributed by atoms with van der Waals surface area (Å²) in [4.78, 5) is 23.5. The highest BCUT2D eigenvalue weighted by molar-refractivity contribution is 6.33. The van der Waals surface area contributed by atoms with E-state index in [1.165, 1.54) is 10.9 Å². The van der Waals surface area contributed by atoms with Gasteiger partial charge in [0, 0.05) is 12.6 Å². The Bertz CT molecular complexity index is 514. The van der Waals surface area contributed by atoms with Crippen molar-refractivity contribution in [1.82, 2.24) is 15.1 Å². The Kier molecular flexibility index (Phi) is 6.51. The van der Waals surface area contributed by atoms with Gasteiger partial charge in [0.1, 0.15) is 5.02 Å². The Hall–Kier alpha value is -1.56. The molecule has 0 radical (unpaired) electrons. The van der Waals surface area contributed by atoms with E-state index in [2.05, 4.69) is 15.7 Å². The van der Waals surface area contributed by atoms with Crippen LogP contribution in [0.3, 0.4) is 0 Å². The van der Waals surface area contributed by atoms with Crippen molar-refractivity contribution in [3.63, 3.8) is 0 Å². The molecule has 0 aliphatic heterocycles. The lowest BCUT2D eigenvalue weighted by molar-refractivity contribution is -0.119. The molecule has 0 fully saturated rings. The lowest BCUT2D eigenvalue weighted by Crippen LogP contribution is -2.35. The number of hydrogen-bond acceptors (Lipinski definition) is 4. The molecule has 0 bridgehead atoms. The van der Waals surface area contributed by atoms with E-state index >= 15 is 0 Å². The van der Waals surface area contributed by atoms with Crippen LogP contribution in [0, 0.1) is 0 Å². The molecule has 0 saturated heterocycles. The van der Waals surface area contributed by atoms with Crippen molar-refractivity contribution in [1.29, 1.82) is 0 Å². The second-order valence-electron chi connectivity index (χ2n) is 4.83. The third kappa shape index (κ3) is 4.85. The Labute approximate surface area is 123 Å². The molecule has 1 rings (SSSR count). The highest BCUT2D eigenvalue weighted by Crippen LogP contribution is 2.14. The van der Waals surface area contributed by atoms with Crippen molar-refractivity contribution >= 4 is 23.2 Å². The van der Waals surface area contributed by atoms with E-state index in [9.17, 15) is 9.59 Å². The minimum absolute atomic E-state index is 0.0536. The number of nitrogens with zero attached hydrogens (tertiary/aromatic N) is 2. The molecule has 0 unspecified atom stereocenters. The molecule has 0 spiro atoms. The van der Waals surface area contributed by atoms with Crippen molar-refractivity contribution in [2.75, 3.05) is 11.9 Å². The summed E-state index contributed by atoms with van der Waals surface area (Å²) in [6.07, 6.45) is 3.32. The van der Waals surface area contributed by atoms with Crippen molar-refractivity contribution in [3.05, 3.63) is 21.6 Å². The van der Waals surface area contributed by atoms with Gasteiger partial charge in [0.2, 0.25) is 5.91 Å². The number of hydrogen-bond donors (Lipinski definition) is 2. The van der Waals surface area contributed by atoms with Crippen molar-refractivity contribution in [3.8, 4) is 0 Å². The highest BCUT2D eigenvalue weighted by atomic mass is 35.5. The van der Waals surface area contributed by atoms with Crippen LogP contribution in [0.25, 0.3) is 0 Å². The molecule has 20 heavy (non-hydrogen) atoms. The molecule has 0 aliphatic rings. The largest absolute Gasteiger partial charge is 0.373 e. The zero-order valence-electron chi connectivity index (χ0n) is 12.1. The van der Waals surface area contributed by atoms with Crippen molar-refractivity contribution < 1.29 is 4.79 Å². The van der Waals surface area contributed by atoms with Gasteiger partial charge in [0.25, 0.3) is 5.56 Å². The van der Waals surface area contributed by atoms with Crippen molar-refractivity contribution in [2.24, 2.45) is 0 Å². The Morgan fingerprint density at radius 3 is 2.80 bits per heavy atom. The van der Waals surface area contributed by atoms with E-state index in [1.54, 1.807) is 0 Å². The first-order chi connectivity index (χ1) is 9.45. The Morgan fingerprint density at radius 2 is 2.20 bits per heavy atom. The number of nitrogens with one attached hydrogen (secondary N) is 2. The van der Waals surface area contributed by atoms with Gasteiger partial charge in [0.05, 0.1) is 18.4 Å². The maximum absolute atomic E-state index is 11.9. The van der Waals surface area contributed by atoms with Crippen LogP contribution in [-0.4, -0.2) is 28.3 Å². The monoisotopic (exact) mass is 300 g/mol. The first-order valence-corrected chi connectivity index (χ1v) is 7.12. The van der Waals surface area contributed by atoms with Gasteiger partial charge in [-0.1, -0.05) is 24.9 Å². The fourth-order valence-electron chi connectivity index (χ4n) is 1.60. The molecule has 112 valence electrons. The fourth-order valence-corrected chi connectivity index (χ4v) is 1.82. The molecule has 2 N–H and O–H groups in total. The number of amides is 1. The maximum atomic E-state index is 11.9. The van der Waals surface area contributed by atoms with Crippen molar-refractivity contribution in [2.45, 2.75) is 46.2 Å². The highest BCUT2D eigenvalue weighted by Gasteiger charge is 2.10. The molecular weight excluding hydrogens is 280 g/mol. The normalized spacial score (nSPS) is 10.7. The molecule has 1 aromatic rings. The third-order valence-corrected chi connectivity index (χ3v) is 2.96. The molecular formula is C13H21ClN4O2. The zero-order valence-corrected chi connectivity index (χ0v) is 12.8. The van der Waals surface area contributed by atoms with Gasteiger partial charge in [-0.3, -0.25) is 9.59 Å². The predicted octanol–water partition coefficient (Wildman–Crippen LogP) is 1.63. The van der Waals surface area contributed by atoms with Gasteiger partial charge in [0.15, 0.2) is 0 Å². The van der Waals surface area contributed by atoms with E-state index in [-0.39, 0.29) is 29.1 Å². The molecule has 6 nitrogen and oxygen atoms in total. The lowest BCUT2D eigenvalue weighted by Gasteiger charge is -2.11. The second-order valence-corrected chi connectivity index (χ2v) is 5.21. The number of aromatic nitrogens is 2. The zero-order chi connectivity index (χ0) is 15.1. The van der Waals surface area contributed by atoms with Crippen LogP contribution >= 0.6 is 11.6 Å². The standard InChI is InChI=1S/C13H21ClN4O2/c1-4-5-6-18-13(20)12(14)10(7-16-18)15-8-11(19)17-9(2)3/h7,9,15H,4-6,8H2,1-3H3,(H,17,19). The van der Waals surface area contributed by atoms with Gasteiger partial charge in [-0.05, 0) is 20.3 Å². The van der Waals surface area contributed by atoms with E-state index in [0.29, 0.717) is 12.2 Å². The van der Waals surface area contributed by atoms with E-state index in [1.807, 2.05) is 20.8 Å².